The molecule has 0 aromatic heterocycles. The number of nitrogens with zero attached hydrogens (tertiary/aromatic N) is 1. The molecule has 0 saturated carbocycles. The van der Waals surface area contributed by atoms with Crippen LogP contribution in [0, 0.1) is 0 Å². The van der Waals surface area contributed by atoms with E-state index in [1.807, 2.05) is 21.1 Å². The molecule has 2 unspecified atom stereocenters. The predicted octanol–water partition coefficient (Wildman–Crippen LogP) is 25.6. The summed E-state index contributed by atoms with van der Waals surface area (Å²) in [6.07, 6.45) is 102. The van der Waals surface area contributed by atoms with E-state index in [-0.39, 0.29) is 32.0 Å². The van der Waals surface area contributed by atoms with Gasteiger partial charge in [0.05, 0.1) is 27.7 Å². The van der Waals surface area contributed by atoms with E-state index in [2.05, 4.69) is 123 Å². The Morgan fingerprint density at radius 3 is 0.924 bits per heavy atom. The summed E-state index contributed by atoms with van der Waals surface area (Å²) in [6.45, 7) is 4.34. The Morgan fingerprint density at radius 1 is 0.348 bits per heavy atom. The number of ether oxygens (including phenoxy) is 2. The van der Waals surface area contributed by atoms with Gasteiger partial charge in [-0.15, -0.1) is 0 Å². The standard InChI is InChI=1S/C82H146NO8P/c1-6-8-10-12-14-16-18-20-22-24-26-28-30-32-34-36-37-38-39-40-41-42-43-44-45-47-48-50-52-54-56-58-60-62-64-66-68-70-72-74-81(84)88-78-80(79-90-92(86,87)89-77-76-83(3,4)5)91-82(85)75-73-71-69-67-65-63-61-59-57-55-53-51-49-46-35-33-31-29-27-25-23-21-19-17-15-13-11-9-7-2/h9,11,15,17-18,20-21,23-24,26-27,29-30,32-33,35,49,51,80H,6-8,10,12-14,16,19,22,25,28,31,34,36-48,50,52-79H2,1-5H3/p+1/b11-9-,17-15-,20-18-,23-21-,26-24-,29-27-,32-30-,35-33-,51-49-. The molecule has 532 valence electrons. The number of hydrogen-bond acceptors (Lipinski definition) is 7. The van der Waals surface area contributed by atoms with E-state index in [4.69, 9.17) is 18.5 Å². The molecule has 92 heavy (non-hydrogen) atoms. The van der Waals surface area contributed by atoms with Gasteiger partial charge in [-0.05, 0) is 103 Å². The molecule has 0 bridgehead atoms. The summed E-state index contributed by atoms with van der Waals surface area (Å²) < 4.78 is 34.8. The number of esters is 2. The third kappa shape index (κ3) is 75.7. The van der Waals surface area contributed by atoms with Gasteiger partial charge in [-0.3, -0.25) is 18.6 Å². The van der Waals surface area contributed by atoms with Gasteiger partial charge < -0.3 is 18.9 Å². The predicted molar refractivity (Wildman–Crippen MR) is 399 cm³/mol. The number of hydrogen-bond donors (Lipinski definition) is 1. The molecule has 1 N–H and O–H groups in total. The molecule has 0 spiro atoms. The normalized spacial score (nSPS) is 13.7. The quantitative estimate of drug-likeness (QED) is 0.0211. The number of phosphoric acid groups is 1. The summed E-state index contributed by atoms with van der Waals surface area (Å²) in [5.41, 5.74) is 0. The first kappa shape index (κ1) is 88.7. The summed E-state index contributed by atoms with van der Waals surface area (Å²) in [5, 5.41) is 0. The molecular formula is C82H147NO8P+. The van der Waals surface area contributed by atoms with Crippen LogP contribution in [0.15, 0.2) is 109 Å². The molecule has 10 heteroatoms. The maximum Gasteiger partial charge on any atom is 0.472 e. The van der Waals surface area contributed by atoms with Gasteiger partial charge in [-0.1, -0.05) is 342 Å². The maximum absolute atomic E-state index is 12.9. The van der Waals surface area contributed by atoms with Crippen LogP contribution in [0.2, 0.25) is 0 Å². The Bertz CT molecular complexity index is 1920. The number of rotatable bonds is 71. The minimum absolute atomic E-state index is 0.0281. The van der Waals surface area contributed by atoms with E-state index in [1.165, 1.54) is 218 Å². The van der Waals surface area contributed by atoms with Crippen LogP contribution in [-0.2, 0) is 32.7 Å². The third-order valence-corrected chi connectivity index (χ3v) is 17.8. The first-order valence-electron chi connectivity index (χ1n) is 38.6. The van der Waals surface area contributed by atoms with Crippen molar-refractivity contribution in [2.45, 2.75) is 354 Å². The zero-order valence-electron chi connectivity index (χ0n) is 60.8. The number of phosphoric ester groups is 1. The van der Waals surface area contributed by atoms with Gasteiger partial charge in [-0.2, -0.15) is 0 Å². The molecule has 0 aliphatic rings. The van der Waals surface area contributed by atoms with Crippen LogP contribution in [0.5, 0.6) is 0 Å². The Kier molecular flexibility index (Phi) is 69.3. The minimum Gasteiger partial charge on any atom is -0.462 e. The number of quaternary nitrogens is 1. The molecule has 0 radical (unpaired) electrons. The van der Waals surface area contributed by atoms with E-state index in [9.17, 15) is 19.0 Å². The van der Waals surface area contributed by atoms with Crippen LogP contribution >= 0.6 is 7.82 Å². The van der Waals surface area contributed by atoms with E-state index in [1.54, 1.807) is 0 Å². The second-order valence-electron chi connectivity index (χ2n) is 27.0. The van der Waals surface area contributed by atoms with E-state index < -0.39 is 26.5 Å². The van der Waals surface area contributed by atoms with Crippen LogP contribution in [0.4, 0.5) is 0 Å². The highest BCUT2D eigenvalue weighted by atomic mass is 31.2. The summed E-state index contributed by atoms with van der Waals surface area (Å²) in [4.78, 5) is 36.0. The van der Waals surface area contributed by atoms with Crippen molar-refractivity contribution in [3.8, 4) is 0 Å². The molecule has 0 heterocycles. The minimum atomic E-state index is -4.40. The molecule has 0 aromatic carbocycles. The van der Waals surface area contributed by atoms with Crippen molar-refractivity contribution in [3.63, 3.8) is 0 Å². The second kappa shape index (κ2) is 72.0. The molecule has 0 aliphatic carbocycles. The number of likely N-dealkylation sites (N-methyl/N-ethyl adjacent to an activating group) is 1. The van der Waals surface area contributed by atoms with Crippen molar-refractivity contribution in [2.24, 2.45) is 0 Å². The van der Waals surface area contributed by atoms with Gasteiger partial charge in [0.15, 0.2) is 6.10 Å². The molecule has 0 saturated heterocycles. The zero-order chi connectivity index (χ0) is 66.9. The van der Waals surface area contributed by atoms with Crippen molar-refractivity contribution in [3.05, 3.63) is 109 Å². The highest BCUT2D eigenvalue weighted by molar-refractivity contribution is 7.47. The summed E-state index contributed by atoms with van der Waals surface area (Å²) in [6, 6.07) is 0. The SMILES string of the molecule is CC/C=C\C/C=C\C/C=C\C/C=C\C/C=C\C/C=C\CCCCCCCCCCCCC(=O)OC(COC(=O)CCCCCCCCCCCCCCCCCCCCCCCCCC/C=C\C/C=C\C/C=C\CCCCCCC)COP(=O)(O)OCC[N+](C)(C)C. The van der Waals surface area contributed by atoms with Crippen molar-refractivity contribution in [1.29, 1.82) is 0 Å². The maximum atomic E-state index is 12.9. The van der Waals surface area contributed by atoms with Gasteiger partial charge in [-0.25, -0.2) is 4.57 Å². The molecule has 0 fully saturated rings. The molecule has 0 aromatic rings. The molecule has 9 nitrogen and oxygen atoms in total. The summed E-state index contributed by atoms with van der Waals surface area (Å²) >= 11 is 0. The molecular weight excluding hydrogens is 1160 g/mol. The highest BCUT2D eigenvalue weighted by Crippen LogP contribution is 2.43. The van der Waals surface area contributed by atoms with Crippen LogP contribution in [0.3, 0.4) is 0 Å². The molecule has 2 atom stereocenters. The Balaban J connectivity index is 3.96. The number of allylic oxidation sites excluding steroid dienone is 18. The topological polar surface area (TPSA) is 108 Å². The second-order valence-corrected chi connectivity index (χ2v) is 28.5. The van der Waals surface area contributed by atoms with Gasteiger partial charge in [0.1, 0.15) is 19.8 Å². The summed E-state index contributed by atoms with van der Waals surface area (Å²) in [7, 11) is 1.48. The molecule has 0 aliphatic heterocycles. The smallest absolute Gasteiger partial charge is 0.462 e. The average molecular weight is 1310 g/mol. The van der Waals surface area contributed by atoms with E-state index in [0.717, 1.165) is 96.3 Å². The number of carbonyl (C=O) groups excluding carboxylic acids is 2. The van der Waals surface area contributed by atoms with Gasteiger partial charge in [0.2, 0.25) is 0 Å². The molecule has 0 amide bonds. The van der Waals surface area contributed by atoms with Crippen molar-refractivity contribution >= 4 is 19.8 Å². The average Bonchev–Trinajstić information content (AvgIpc) is 2.14. The lowest BCUT2D eigenvalue weighted by Crippen LogP contribution is -2.37. The Hall–Kier alpha value is -3.33. The van der Waals surface area contributed by atoms with Crippen LogP contribution in [0.1, 0.15) is 348 Å². The fourth-order valence-electron chi connectivity index (χ4n) is 10.9. The zero-order valence-corrected chi connectivity index (χ0v) is 61.7. The highest BCUT2D eigenvalue weighted by Gasteiger charge is 2.27. The molecule has 0 rings (SSSR count). The summed E-state index contributed by atoms with van der Waals surface area (Å²) in [5.74, 6) is -0.793. The van der Waals surface area contributed by atoms with Crippen molar-refractivity contribution in [1.82, 2.24) is 0 Å². The first-order chi connectivity index (χ1) is 45.0. The Labute approximate surface area is 569 Å². The monoisotopic (exact) mass is 1310 g/mol. The largest absolute Gasteiger partial charge is 0.472 e. The fourth-order valence-corrected chi connectivity index (χ4v) is 11.7. The van der Waals surface area contributed by atoms with Crippen LogP contribution in [-0.4, -0.2) is 74.9 Å². The van der Waals surface area contributed by atoms with Gasteiger partial charge in [0, 0.05) is 12.8 Å². The number of unbranched alkanes of at least 4 members (excludes halogenated alkanes) is 39. The fraction of sp³-hybridized carbons (Fsp3) is 0.756. The van der Waals surface area contributed by atoms with Gasteiger partial charge >= 0.3 is 19.8 Å². The lowest BCUT2D eigenvalue weighted by Gasteiger charge is -2.24. The van der Waals surface area contributed by atoms with Crippen molar-refractivity contribution < 1.29 is 42.1 Å². The lowest BCUT2D eigenvalue weighted by molar-refractivity contribution is -0.870. The van der Waals surface area contributed by atoms with Crippen LogP contribution in [0.25, 0.3) is 0 Å². The van der Waals surface area contributed by atoms with Crippen LogP contribution < -0.4 is 0 Å². The third-order valence-electron chi connectivity index (χ3n) is 16.8. The van der Waals surface area contributed by atoms with Crippen molar-refractivity contribution in [2.75, 3.05) is 47.5 Å². The lowest BCUT2D eigenvalue weighted by atomic mass is 10.0. The first-order valence-corrected chi connectivity index (χ1v) is 40.1. The number of carbonyl (C=O) groups is 2. The van der Waals surface area contributed by atoms with E-state index >= 15 is 0 Å². The Morgan fingerprint density at radius 2 is 0.620 bits per heavy atom. The van der Waals surface area contributed by atoms with E-state index in [0.29, 0.717) is 17.4 Å². The van der Waals surface area contributed by atoms with Gasteiger partial charge in [0.25, 0.3) is 0 Å².